The summed E-state index contributed by atoms with van der Waals surface area (Å²) >= 11 is 5.88. The normalized spacial score (nSPS) is 14.1. The van der Waals surface area contributed by atoms with E-state index in [1.807, 2.05) is 6.07 Å². The third kappa shape index (κ3) is 2.46. The number of methoxy groups -OCH3 is 1. The summed E-state index contributed by atoms with van der Waals surface area (Å²) in [5.74, 6) is 0.561. The number of aromatic nitrogens is 3. The van der Waals surface area contributed by atoms with Crippen molar-refractivity contribution in [3.8, 4) is 6.01 Å². The lowest BCUT2D eigenvalue weighted by atomic mass is 10.0. The standard InChI is InChI=1S/C13H13ClN4O/c1-19-13-16-11(14)15-12(17-13)18-7-6-9-4-2-3-5-10(9)8-18/h2-5H,6-8H2,1H3. The SMILES string of the molecule is COc1nc(Cl)nc(N2CCc3ccccc3C2)n1. The van der Waals surface area contributed by atoms with E-state index in [0.29, 0.717) is 5.95 Å². The van der Waals surface area contributed by atoms with Crippen molar-refractivity contribution in [2.45, 2.75) is 13.0 Å². The molecule has 2 heterocycles. The molecule has 6 heteroatoms. The Bertz CT molecular complexity index is 605. The van der Waals surface area contributed by atoms with Crippen LogP contribution in [0.2, 0.25) is 5.28 Å². The third-order valence-electron chi connectivity index (χ3n) is 3.17. The molecule has 0 radical (unpaired) electrons. The second-order valence-electron chi connectivity index (χ2n) is 4.33. The predicted molar refractivity (Wildman–Crippen MR) is 72.6 cm³/mol. The van der Waals surface area contributed by atoms with Crippen LogP contribution in [0.15, 0.2) is 24.3 Å². The smallest absolute Gasteiger partial charge is 0.322 e. The van der Waals surface area contributed by atoms with Crippen molar-refractivity contribution in [2.24, 2.45) is 0 Å². The van der Waals surface area contributed by atoms with Gasteiger partial charge in [-0.3, -0.25) is 0 Å². The summed E-state index contributed by atoms with van der Waals surface area (Å²) in [6.07, 6.45) is 0.974. The Hall–Kier alpha value is -1.88. The third-order valence-corrected chi connectivity index (χ3v) is 3.34. The number of halogens is 1. The van der Waals surface area contributed by atoms with Gasteiger partial charge in [-0.1, -0.05) is 24.3 Å². The molecule has 2 aromatic rings. The lowest BCUT2D eigenvalue weighted by Crippen LogP contribution is -2.31. The van der Waals surface area contributed by atoms with Crippen LogP contribution in [0.4, 0.5) is 5.95 Å². The van der Waals surface area contributed by atoms with E-state index in [0.717, 1.165) is 19.5 Å². The Balaban J connectivity index is 1.90. The summed E-state index contributed by atoms with van der Waals surface area (Å²) in [4.78, 5) is 14.4. The summed E-state index contributed by atoms with van der Waals surface area (Å²) < 4.78 is 5.02. The molecule has 0 bridgehead atoms. The minimum atomic E-state index is 0.153. The Morgan fingerprint density at radius 2 is 1.95 bits per heavy atom. The molecule has 1 aliphatic heterocycles. The van der Waals surface area contributed by atoms with Crippen LogP contribution in [0.5, 0.6) is 6.01 Å². The fraction of sp³-hybridized carbons (Fsp3) is 0.308. The first-order chi connectivity index (χ1) is 9.26. The zero-order valence-electron chi connectivity index (χ0n) is 10.5. The van der Waals surface area contributed by atoms with Crippen molar-refractivity contribution in [1.29, 1.82) is 0 Å². The molecule has 0 saturated carbocycles. The number of hydrogen-bond donors (Lipinski definition) is 0. The Morgan fingerprint density at radius 3 is 2.74 bits per heavy atom. The number of rotatable bonds is 2. The number of hydrogen-bond acceptors (Lipinski definition) is 5. The van der Waals surface area contributed by atoms with Crippen LogP contribution in [-0.4, -0.2) is 28.6 Å². The van der Waals surface area contributed by atoms with Crippen LogP contribution >= 0.6 is 11.6 Å². The molecule has 98 valence electrons. The fourth-order valence-electron chi connectivity index (χ4n) is 2.22. The van der Waals surface area contributed by atoms with Crippen molar-refractivity contribution in [3.05, 3.63) is 40.7 Å². The molecule has 1 aromatic heterocycles. The second-order valence-corrected chi connectivity index (χ2v) is 4.67. The number of anilines is 1. The summed E-state index contributed by atoms with van der Waals surface area (Å²) in [6.45, 7) is 1.64. The minimum absolute atomic E-state index is 0.153. The fourth-order valence-corrected chi connectivity index (χ4v) is 2.37. The molecule has 0 fully saturated rings. The zero-order chi connectivity index (χ0) is 13.2. The molecule has 3 rings (SSSR count). The van der Waals surface area contributed by atoms with Crippen molar-refractivity contribution >= 4 is 17.5 Å². The summed E-state index contributed by atoms with van der Waals surface area (Å²) in [7, 11) is 1.51. The number of fused-ring (bicyclic) bond motifs is 1. The lowest BCUT2D eigenvalue weighted by Gasteiger charge is -2.28. The first-order valence-electron chi connectivity index (χ1n) is 6.03. The average Bonchev–Trinajstić information content (AvgIpc) is 2.46. The van der Waals surface area contributed by atoms with Crippen molar-refractivity contribution < 1.29 is 4.74 Å². The molecule has 0 saturated heterocycles. The van der Waals surface area contributed by atoms with Gasteiger partial charge in [0.1, 0.15) is 0 Å². The summed E-state index contributed by atoms with van der Waals surface area (Å²) in [5.41, 5.74) is 2.68. The molecule has 0 unspecified atom stereocenters. The van der Waals surface area contributed by atoms with Gasteiger partial charge in [0.2, 0.25) is 11.2 Å². The largest absolute Gasteiger partial charge is 0.467 e. The number of ether oxygens (including phenoxy) is 1. The van der Waals surface area contributed by atoms with E-state index < -0.39 is 0 Å². The van der Waals surface area contributed by atoms with Crippen molar-refractivity contribution in [3.63, 3.8) is 0 Å². The highest BCUT2D eigenvalue weighted by molar-refractivity contribution is 6.28. The van der Waals surface area contributed by atoms with Gasteiger partial charge in [0.15, 0.2) is 0 Å². The zero-order valence-corrected chi connectivity index (χ0v) is 11.3. The average molecular weight is 277 g/mol. The number of benzene rings is 1. The molecular formula is C13H13ClN4O. The van der Waals surface area contributed by atoms with Crippen LogP contribution in [0.1, 0.15) is 11.1 Å². The van der Waals surface area contributed by atoms with E-state index >= 15 is 0 Å². The van der Waals surface area contributed by atoms with E-state index in [-0.39, 0.29) is 11.3 Å². The second kappa shape index (κ2) is 5.01. The lowest BCUT2D eigenvalue weighted by molar-refractivity contribution is 0.377. The van der Waals surface area contributed by atoms with E-state index in [1.165, 1.54) is 18.2 Å². The highest BCUT2D eigenvalue weighted by Gasteiger charge is 2.19. The molecule has 0 amide bonds. The first kappa shape index (κ1) is 12.2. The van der Waals surface area contributed by atoms with E-state index in [2.05, 4.69) is 38.1 Å². The van der Waals surface area contributed by atoms with Gasteiger partial charge in [-0.25, -0.2) is 0 Å². The van der Waals surface area contributed by atoms with Crippen LogP contribution in [-0.2, 0) is 13.0 Å². The quantitative estimate of drug-likeness (QED) is 0.841. The molecule has 1 aromatic carbocycles. The van der Waals surface area contributed by atoms with Crippen molar-refractivity contribution in [2.75, 3.05) is 18.6 Å². The molecular weight excluding hydrogens is 264 g/mol. The van der Waals surface area contributed by atoms with Gasteiger partial charge < -0.3 is 9.64 Å². The first-order valence-corrected chi connectivity index (χ1v) is 6.41. The van der Waals surface area contributed by atoms with Gasteiger partial charge in [0.05, 0.1) is 7.11 Å². The predicted octanol–water partition coefficient (Wildman–Crippen LogP) is 2.10. The highest BCUT2D eigenvalue weighted by atomic mass is 35.5. The van der Waals surface area contributed by atoms with Gasteiger partial charge in [-0.05, 0) is 29.1 Å². The van der Waals surface area contributed by atoms with E-state index in [1.54, 1.807) is 0 Å². The van der Waals surface area contributed by atoms with Crippen LogP contribution in [0.25, 0.3) is 0 Å². The monoisotopic (exact) mass is 276 g/mol. The molecule has 0 aliphatic carbocycles. The highest BCUT2D eigenvalue weighted by Crippen LogP contribution is 2.23. The van der Waals surface area contributed by atoms with Gasteiger partial charge in [0.25, 0.3) is 0 Å². The Labute approximate surface area is 116 Å². The maximum Gasteiger partial charge on any atom is 0.322 e. The molecule has 0 N–H and O–H groups in total. The van der Waals surface area contributed by atoms with Crippen LogP contribution in [0, 0.1) is 0 Å². The van der Waals surface area contributed by atoms with Gasteiger partial charge in [0, 0.05) is 13.1 Å². The molecule has 0 spiro atoms. The number of nitrogens with zero attached hydrogens (tertiary/aromatic N) is 4. The van der Waals surface area contributed by atoms with E-state index in [4.69, 9.17) is 16.3 Å². The topological polar surface area (TPSA) is 51.1 Å². The summed E-state index contributed by atoms with van der Waals surface area (Å²) in [5, 5.41) is 0.153. The van der Waals surface area contributed by atoms with E-state index in [9.17, 15) is 0 Å². The Kier molecular flexibility index (Phi) is 3.21. The van der Waals surface area contributed by atoms with Gasteiger partial charge >= 0.3 is 6.01 Å². The summed E-state index contributed by atoms with van der Waals surface area (Å²) in [6, 6.07) is 8.64. The van der Waals surface area contributed by atoms with Crippen LogP contribution < -0.4 is 9.64 Å². The Morgan fingerprint density at radius 1 is 1.16 bits per heavy atom. The minimum Gasteiger partial charge on any atom is -0.467 e. The van der Waals surface area contributed by atoms with Gasteiger partial charge in [-0.2, -0.15) is 15.0 Å². The molecule has 5 nitrogen and oxygen atoms in total. The van der Waals surface area contributed by atoms with Crippen molar-refractivity contribution in [1.82, 2.24) is 15.0 Å². The molecule has 1 aliphatic rings. The maximum atomic E-state index is 5.88. The maximum absolute atomic E-state index is 5.88. The molecule has 0 atom stereocenters. The molecule has 19 heavy (non-hydrogen) atoms. The van der Waals surface area contributed by atoms with Crippen LogP contribution in [0.3, 0.4) is 0 Å². The van der Waals surface area contributed by atoms with Gasteiger partial charge in [-0.15, -0.1) is 0 Å².